The van der Waals surface area contributed by atoms with Crippen LogP contribution in [0.5, 0.6) is 5.75 Å². The highest BCUT2D eigenvalue weighted by Crippen LogP contribution is 2.31. The highest BCUT2D eigenvalue weighted by molar-refractivity contribution is 9.10. The minimum atomic E-state index is -0.212. The van der Waals surface area contributed by atoms with Gasteiger partial charge < -0.3 is 15.0 Å². The maximum atomic E-state index is 12.6. The summed E-state index contributed by atoms with van der Waals surface area (Å²) in [6.07, 6.45) is 0. The van der Waals surface area contributed by atoms with Gasteiger partial charge in [0.2, 0.25) is 0 Å². The number of ether oxygens (including phenoxy) is 1. The molecule has 0 fully saturated rings. The topological polar surface area (TPSA) is 67.0 Å². The maximum absolute atomic E-state index is 12.6. The van der Waals surface area contributed by atoms with Gasteiger partial charge >= 0.3 is 0 Å². The third-order valence-electron chi connectivity index (χ3n) is 4.20. The van der Waals surface area contributed by atoms with Crippen LogP contribution in [0.2, 0.25) is 0 Å². The van der Waals surface area contributed by atoms with Gasteiger partial charge in [-0.05, 0) is 48.5 Å². The Labute approximate surface area is 164 Å². The highest BCUT2D eigenvalue weighted by atomic mass is 79.9. The number of carbonyl (C=O) groups is 1. The van der Waals surface area contributed by atoms with Gasteiger partial charge in [0.15, 0.2) is 0 Å². The SMILES string of the molecule is COc1ccc(-c2nc3ccccc3[nH]2)cc1NC(=O)c1cccc(Br)c1. The van der Waals surface area contributed by atoms with E-state index in [4.69, 9.17) is 4.74 Å². The van der Waals surface area contributed by atoms with Gasteiger partial charge in [-0.3, -0.25) is 4.79 Å². The van der Waals surface area contributed by atoms with Gasteiger partial charge in [-0.1, -0.05) is 34.1 Å². The number of halogens is 1. The smallest absolute Gasteiger partial charge is 0.255 e. The van der Waals surface area contributed by atoms with Gasteiger partial charge in [0.1, 0.15) is 11.6 Å². The van der Waals surface area contributed by atoms with Crippen molar-refractivity contribution in [3.8, 4) is 17.1 Å². The molecular formula is C21H16BrN3O2. The first-order valence-electron chi connectivity index (χ1n) is 8.34. The number of aromatic nitrogens is 2. The average Bonchev–Trinajstić information content (AvgIpc) is 3.12. The van der Waals surface area contributed by atoms with Crippen molar-refractivity contribution < 1.29 is 9.53 Å². The van der Waals surface area contributed by atoms with E-state index in [1.165, 1.54) is 0 Å². The number of fused-ring (bicyclic) bond motifs is 1. The van der Waals surface area contributed by atoms with E-state index < -0.39 is 0 Å². The quantitative estimate of drug-likeness (QED) is 0.472. The summed E-state index contributed by atoms with van der Waals surface area (Å²) < 4.78 is 6.25. The Morgan fingerprint density at radius 1 is 1.07 bits per heavy atom. The number of nitrogens with one attached hydrogen (secondary N) is 2. The monoisotopic (exact) mass is 421 g/mol. The highest BCUT2D eigenvalue weighted by Gasteiger charge is 2.13. The van der Waals surface area contributed by atoms with Crippen LogP contribution in [0.3, 0.4) is 0 Å². The second-order valence-corrected chi connectivity index (χ2v) is 6.90. The van der Waals surface area contributed by atoms with Crippen LogP contribution in [0.15, 0.2) is 71.2 Å². The fourth-order valence-corrected chi connectivity index (χ4v) is 3.27. The Balaban J connectivity index is 1.69. The molecule has 0 unspecified atom stereocenters. The Hall–Kier alpha value is -3.12. The van der Waals surface area contributed by atoms with Crippen LogP contribution in [0, 0.1) is 0 Å². The first-order chi connectivity index (χ1) is 13.1. The van der Waals surface area contributed by atoms with Gasteiger partial charge in [-0.25, -0.2) is 4.98 Å². The Kier molecular flexibility index (Phi) is 4.64. The molecule has 1 amide bonds. The number of para-hydroxylation sites is 2. The third kappa shape index (κ3) is 3.57. The number of imidazole rings is 1. The number of H-pyrrole nitrogens is 1. The summed E-state index contributed by atoms with van der Waals surface area (Å²) in [6.45, 7) is 0. The standard InChI is InChI=1S/C21H16BrN3O2/c1-27-19-10-9-13(20-23-16-7-2-3-8-17(16)24-20)12-18(19)25-21(26)14-5-4-6-15(22)11-14/h2-12H,1H3,(H,23,24)(H,25,26). The summed E-state index contributed by atoms with van der Waals surface area (Å²) >= 11 is 3.39. The lowest BCUT2D eigenvalue weighted by Gasteiger charge is -2.12. The molecule has 0 bridgehead atoms. The molecule has 134 valence electrons. The van der Waals surface area contributed by atoms with Crippen LogP contribution < -0.4 is 10.1 Å². The number of methoxy groups -OCH3 is 1. The van der Waals surface area contributed by atoms with Gasteiger partial charge in [-0.2, -0.15) is 0 Å². The summed E-state index contributed by atoms with van der Waals surface area (Å²) in [5, 5.41) is 2.92. The Morgan fingerprint density at radius 2 is 1.93 bits per heavy atom. The van der Waals surface area contributed by atoms with Gasteiger partial charge in [0.05, 0.1) is 23.8 Å². The van der Waals surface area contributed by atoms with Crippen molar-refractivity contribution in [2.75, 3.05) is 12.4 Å². The molecule has 0 spiro atoms. The maximum Gasteiger partial charge on any atom is 0.255 e. The van der Waals surface area contributed by atoms with Crippen molar-refractivity contribution in [1.82, 2.24) is 9.97 Å². The molecule has 0 radical (unpaired) electrons. The Bertz CT molecular complexity index is 1100. The second kappa shape index (κ2) is 7.25. The number of hydrogen-bond acceptors (Lipinski definition) is 3. The lowest BCUT2D eigenvalue weighted by Crippen LogP contribution is -2.12. The number of amides is 1. The first kappa shape index (κ1) is 17.3. The van der Waals surface area contributed by atoms with E-state index in [0.29, 0.717) is 17.0 Å². The van der Waals surface area contributed by atoms with E-state index in [9.17, 15) is 4.79 Å². The number of rotatable bonds is 4. The predicted octanol–water partition coefficient (Wildman–Crippen LogP) is 5.25. The summed E-state index contributed by atoms with van der Waals surface area (Å²) in [5.74, 6) is 1.10. The van der Waals surface area contributed by atoms with Crippen LogP contribution >= 0.6 is 15.9 Å². The molecule has 0 atom stereocenters. The second-order valence-electron chi connectivity index (χ2n) is 5.98. The van der Waals surface area contributed by atoms with E-state index in [1.54, 1.807) is 19.2 Å². The normalized spacial score (nSPS) is 10.7. The molecule has 0 aliphatic rings. The van der Waals surface area contributed by atoms with E-state index >= 15 is 0 Å². The van der Waals surface area contributed by atoms with Crippen molar-refractivity contribution in [1.29, 1.82) is 0 Å². The number of carbonyl (C=O) groups excluding carboxylic acids is 1. The van der Waals surface area contributed by atoms with Crippen molar-refractivity contribution >= 4 is 38.6 Å². The molecule has 3 aromatic carbocycles. The molecule has 4 rings (SSSR count). The number of nitrogens with zero attached hydrogens (tertiary/aromatic N) is 1. The van der Waals surface area contributed by atoms with Crippen molar-refractivity contribution in [3.05, 3.63) is 76.8 Å². The van der Waals surface area contributed by atoms with E-state index in [1.807, 2.05) is 54.6 Å². The lowest BCUT2D eigenvalue weighted by molar-refractivity contribution is 0.102. The molecule has 0 aliphatic heterocycles. The van der Waals surface area contributed by atoms with E-state index in [-0.39, 0.29) is 5.91 Å². The minimum Gasteiger partial charge on any atom is -0.495 e. The van der Waals surface area contributed by atoms with Crippen LogP contribution in [-0.2, 0) is 0 Å². The van der Waals surface area contributed by atoms with Crippen molar-refractivity contribution in [3.63, 3.8) is 0 Å². The molecule has 0 aliphatic carbocycles. The predicted molar refractivity (Wildman–Crippen MR) is 110 cm³/mol. The number of benzene rings is 3. The fraction of sp³-hybridized carbons (Fsp3) is 0.0476. The largest absolute Gasteiger partial charge is 0.495 e. The minimum absolute atomic E-state index is 0.212. The molecule has 1 heterocycles. The molecule has 0 saturated heterocycles. The molecule has 6 heteroatoms. The summed E-state index contributed by atoms with van der Waals surface area (Å²) in [7, 11) is 1.57. The van der Waals surface area contributed by atoms with Crippen LogP contribution in [0.1, 0.15) is 10.4 Å². The summed E-state index contributed by atoms with van der Waals surface area (Å²) in [5.41, 5.74) is 3.85. The average molecular weight is 422 g/mol. The molecule has 0 saturated carbocycles. The van der Waals surface area contributed by atoms with Crippen LogP contribution in [0.25, 0.3) is 22.4 Å². The Morgan fingerprint density at radius 3 is 2.70 bits per heavy atom. The van der Waals surface area contributed by atoms with Crippen molar-refractivity contribution in [2.45, 2.75) is 0 Å². The first-order valence-corrected chi connectivity index (χ1v) is 9.13. The zero-order valence-electron chi connectivity index (χ0n) is 14.5. The third-order valence-corrected chi connectivity index (χ3v) is 4.69. The van der Waals surface area contributed by atoms with E-state index in [2.05, 4.69) is 31.2 Å². The lowest BCUT2D eigenvalue weighted by atomic mass is 10.1. The summed E-state index contributed by atoms with van der Waals surface area (Å²) in [6, 6.07) is 20.6. The summed E-state index contributed by atoms with van der Waals surface area (Å²) in [4.78, 5) is 20.5. The van der Waals surface area contributed by atoms with Crippen LogP contribution in [0.4, 0.5) is 5.69 Å². The van der Waals surface area contributed by atoms with Gasteiger partial charge in [0.25, 0.3) is 5.91 Å². The molecule has 27 heavy (non-hydrogen) atoms. The molecular weight excluding hydrogens is 406 g/mol. The van der Waals surface area contributed by atoms with E-state index in [0.717, 1.165) is 26.9 Å². The zero-order chi connectivity index (χ0) is 18.8. The van der Waals surface area contributed by atoms with Gasteiger partial charge in [-0.15, -0.1) is 0 Å². The number of aromatic amines is 1. The fourth-order valence-electron chi connectivity index (χ4n) is 2.87. The molecule has 4 aromatic rings. The van der Waals surface area contributed by atoms with Crippen molar-refractivity contribution in [2.24, 2.45) is 0 Å². The number of anilines is 1. The van der Waals surface area contributed by atoms with Gasteiger partial charge in [0, 0.05) is 15.6 Å². The number of hydrogen-bond donors (Lipinski definition) is 2. The molecule has 2 N–H and O–H groups in total. The van der Waals surface area contributed by atoms with Crippen LogP contribution in [-0.4, -0.2) is 23.0 Å². The molecule has 5 nitrogen and oxygen atoms in total. The molecule has 1 aromatic heterocycles. The zero-order valence-corrected chi connectivity index (χ0v) is 16.1.